The molecule has 0 spiro atoms. The number of aromatic hydroxyl groups is 1. The molecule has 2 N–H and O–H groups in total. The number of carbonyl (C=O) groups is 1. The molecule has 1 aliphatic heterocycles. The Morgan fingerprint density at radius 2 is 2.39 bits per heavy atom. The van der Waals surface area contributed by atoms with Gasteiger partial charge in [0.1, 0.15) is 5.75 Å². The van der Waals surface area contributed by atoms with Crippen LogP contribution in [0.25, 0.3) is 0 Å². The zero-order chi connectivity index (χ0) is 13.0. The largest absolute Gasteiger partial charge is 0.508 e. The van der Waals surface area contributed by atoms with E-state index >= 15 is 0 Å². The van der Waals surface area contributed by atoms with Crippen LogP contribution in [0.15, 0.2) is 24.3 Å². The van der Waals surface area contributed by atoms with E-state index < -0.39 is 0 Å². The second-order valence-corrected chi connectivity index (χ2v) is 4.81. The van der Waals surface area contributed by atoms with E-state index in [1.807, 2.05) is 18.0 Å². The number of nitrogens with zero attached hydrogens (tertiary/aromatic N) is 1. The molecule has 1 saturated heterocycles. The van der Waals surface area contributed by atoms with Gasteiger partial charge < -0.3 is 15.3 Å². The normalized spacial score (nSPS) is 19.8. The van der Waals surface area contributed by atoms with Crippen LogP contribution in [0.3, 0.4) is 0 Å². The molecule has 1 fully saturated rings. The zero-order valence-corrected chi connectivity index (χ0v) is 10.7. The molecule has 4 nitrogen and oxygen atoms in total. The van der Waals surface area contributed by atoms with Crippen molar-refractivity contribution in [1.29, 1.82) is 0 Å². The maximum absolute atomic E-state index is 12.2. The number of piperidine rings is 1. The van der Waals surface area contributed by atoms with Crippen LogP contribution in [-0.4, -0.2) is 42.1 Å². The summed E-state index contributed by atoms with van der Waals surface area (Å²) in [5, 5.41) is 12.6. The van der Waals surface area contributed by atoms with Crippen molar-refractivity contribution >= 4 is 5.91 Å². The molecule has 98 valence electrons. The first kappa shape index (κ1) is 12.9. The Bertz CT molecular complexity index is 420. The number of carbonyl (C=O) groups excluding carboxylic acids is 1. The molecule has 0 aromatic heterocycles. The number of hydrogen-bond acceptors (Lipinski definition) is 3. The Morgan fingerprint density at radius 3 is 3.11 bits per heavy atom. The molecule has 0 radical (unpaired) electrons. The highest BCUT2D eigenvalue weighted by Crippen LogP contribution is 2.15. The third-order valence-electron chi connectivity index (χ3n) is 3.45. The summed E-state index contributed by atoms with van der Waals surface area (Å²) in [6.07, 6.45) is 2.55. The Kier molecular flexibility index (Phi) is 4.20. The maximum Gasteiger partial charge on any atom is 0.227 e. The first-order valence-electron chi connectivity index (χ1n) is 6.42. The second kappa shape index (κ2) is 5.87. The smallest absolute Gasteiger partial charge is 0.227 e. The van der Waals surface area contributed by atoms with Gasteiger partial charge in [0.05, 0.1) is 6.42 Å². The van der Waals surface area contributed by atoms with Crippen molar-refractivity contribution in [3.8, 4) is 5.75 Å². The zero-order valence-electron chi connectivity index (χ0n) is 10.7. The number of nitrogens with one attached hydrogen (secondary N) is 1. The molecule has 18 heavy (non-hydrogen) atoms. The van der Waals surface area contributed by atoms with Crippen LogP contribution in [0.4, 0.5) is 0 Å². The molecular formula is C14H20N2O2. The summed E-state index contributed by atoms with van der Waals surface area (Å²) >= 11 is 0. The van der Waals surface area contributed by atoms with Gasteiger partial charge in [-0.15, -0.1) is 0 Å². The number of phenols is 1. The molecule has 1 atom stereocenters. The quantitative estimate of drug-likeness (QED) is 0.843. The van der Waals surface area contributed by atoms with Gasteiger partial charge in [-0.05, 0) is 37.6 Å². The lowest BCUT2D eigenvalue weighted by Crippen LogP contribution is -2.47. The highest BCUT2D eigenvalue weighted by Gasteiger charge is 2.22. The molecule has 1 heterocycles. The van der Waals surface area contributed by atoms with E-state index in [0.29, 0.717) is 12.5 Å². The van der Waals surface area contributed by atoms with Crippen LogP contribution >= 0.6 is 0 Å². The fourth-order valence-corrected chi connectivity index (χ4v) is 2.39. The van der Waals surface area contributed by atoms with E-state index in [0.717, 1.165) is 31.5 Å². The third kappa shape index (κ3) is 3.23. The predicted molar refractivity (Wildman–Crippen MR) is 70.5 cm³/mol. The fraction of sp³-hybridized carbons (Fsp3) is 0.500. The number of phenolic OH excluding ortho intramolecular Hbond substituents is 1. The predicted octanol–water partition coefficient (Wildman–Crippen LogP) is 1.15. The lowest BCUT2D eigenvalue weighted by Gasteiger charge is -2.32. The van der Waals surface area contributed by atoms with Crippen LogP contribution in [0, 0.1) is 0 Å². The minimum absolute atomic E-state index is 0.139. The van der Waals surface area contributed by atoms with Crippen LogP contribution in [0.5, 0.6) is 5.75 Å². The monoisotopic (exact) mass is 248 g/mol. The van der Waals surface area contributed by atoms with Crippen molar-refractivity contribution in [2.45, 2.75) is 25.3 Å². The van der Waals surface area contributed by atoms with E-state index in [2.05, 4.69) is 5.32 Å². The molecule has 1 aromatic carbocycles. The minimum atomic E-state index is 0.139. The number of hydrogen-bond donors (Lipinski definition) is 2. The molecule has 0 saturated carbocycles. The van der Waals surface area contributed by atoms with Crippen molar-refractivity contribution in [1.82, 2.24) is 10.2 Å². The van der Waals surface area contributed by atoms with Crippen molar-refractivity contribution in [3.05, 3.63) is 29.8 Å². The Morgan fingerprint density at radius 1 is 1.56 bits per heavy atom. The van der Waals surface area contributed by atoms with Gasteiger partial charge in [-0.25, -0.2) is 0 Å². The first-order chi connectivity index (χ1) is 8.69. The molecular weight excluding hydrogens is 228 g/mol. The van der Waals surface area contributed by atoms with Gasteiger partial charge in [-0.2, -0.15) is 0 Å². The molecule has 1 aliphatic rings. The SMILES string of the molecule is CNC1CCCN(C(=O)Cc2cccc(O)c2)C1. The summed E-state index contributed by atoms with van der Waals surface area (Å²) in [6, 6.07) is 7.32. The van der Waals surface area contributed by atoms with E-state index in [9.17, 15) is 9.90 Å². The van der Waals surface area contributed by atoms with Gasteiger partial charge in [0, 0.05) is 19.1 Å². The topological polar surface area (TPSA) is 52.6 Å². The Labute approximate surface area is 108 Å². The number of benzene rings is 1. The van der Waals surface area contributed by atoms with Gasteiger partial charge in [-0.1, -0.05) is 12.1 Å². The van der Waals surface area contributed by atoms with Crippen molar-refractivity contribution in [3.63, 3.8) is 0 Å². The van der Waals surface area contributed by atoms with Crippen LogP contribution in [-0.2, 0) is 11.2 Å². The van der Waals surface area contributed by atoms with Gasteiger partial charge in [-0.3, -0.25) is 4.79 Å². The lowest BCUT2D eigenvalue weighted by molar-refractivity contribution is -0.131. The average molecular weight is 248 g/mol. The molecule has 1 unspecified atom stereocenters. The van der Waals surface area contributed by atoms with Crippen LogP contribution in [0.2, 0.25) is 0 Å². The standard InChI is InChI=1S/C14H20N2O2/c1-15-12-5-3-7-16(10-12)14(18)9-11-4-2-6-13(17)8-11/h2,4,6,8,12,15,17H,3,5,7,9-10H2,1H3. The molecule has 1 aromatic rings. The summed E-state index contributed by atoms with van der Waals surface area (Å²) in [5.41, 5.74) is 0.867. The fourth-order valence-electron chi connectivity index (χ4n) is 2.39. The van der Waals surface area contributed by atoms with Gasteiger partial charge >= 0.3 is 0 Å². The highest BCUT2D eigenvalue weighted by atomic mass is 16.3. The van der Waals surface area contributed by atoms with E-state index in [1.165, 1.54) is 0 Å². The van der Waals surface area contributed by atoms with Crippen molar-refractivity contribution in [2.75, 3.05) is 20.1 Å². The Balaban J connectivity index is 1.95. The lowest BCUT2D eigenvalue weighted by atomic mass is 10.0. The number of likely N-dealkylation sites (N-methyl/N-ethyl adjacent to an activating group) is 1. The summed E-state index contributed by atoms with van der Waals surface area (Å²) in [7, 11) is 1.94. The van der Waals surface area contributed by atoms with Crippen LogP contribution < -0.4 is 5.32 Å². The molecule has 1 amide bonds. The molecule has 2 rings (SSSR count). The van der Waals surface area contributed by atoms with E-state index in [1.54, 1.807) is 18.2 Å². The maximum atomic E-state index is 12.2. The summed E-state index contributed by atoms with van der Waals surface area (Å²) in [4.78, 5) is 14.1. The Hall–Kier alpha value is -1.55. The number of likely N-dealkylation sites (tertiary alicyclic amines) is 1. The van der Waals surface area contributed by atoms with Gasteiger partial charge in [0.25, 0.3) is 0 Å². The highest BCUT2D eigenvalue weighted by molar-refractivity contribution is 5.79. The van der Waals surface area contributed by atoms with Gasteiger partial charge in [0.2, 0.25) is 5.91 Å². The van der Waals surface area contributed by atoms with Gasteiger partial charge in [0.15, 0.2) is 0 Å². The van der Waals surface area contributed by atoms with Crippen molar-refractivity contribution in [2.24, 2.45) is 0 Å². The van der Waals surface area contributed by atoms with Crippen molar-refractivity contribution < 1.29 is 9.90 Å². The van der Waals surface area contributed by atoms with Crippen LogP contribution in [0.1, 0.15) is 18.4 Å². The minimum Gasteiger partial charge on any atom is -0.508 e. The van der Waals surface area contributed by atoms with E-state index in [4.69, 9.17) is 0 Å². The number of amides is 1. The summed E-state index contributed by atoms with van der Waals surface area (Å²) < 4.78 is 0. The number of rotatable bonds is 3. The van der Waals surface area contributed by atoms with E-state index in [-0.39, 0.29) is 11.7 Å². The molecule has 4 heteroatoms. The first-order valence-corrected chi connectivity index (χ1v) is 6.42. The average Bonchev–Trinajstić information content (AvgIpc) is 2.39. The molecule has 0 aliphatic carbocycles. The second-order valence-electron chi connectivity index (χ2n) is 4.81. The third-order valence-corrected chi connectivity index (χ3v) is 3.45. The summed E-state index contributed by atoms with van der Waals surface area (Å²) in [5.74, 6) is 0.354. The molecule has 0 bridgehead atoms. The summed E-state index contributed by atoms with van der Waals surface area (Å²) in [6.45, 7) is 1.63.